The lowest BCUT2D eigenvalue weighted by Crippen LogP contribution is -2.42. The van der Waals surface area contributed by atoms with Gasteiger partial charge in [0.25, 0.3) is 5.91 Å². The SMILES string of the molecule is Cc1ccc2c(c1)OC[C@H](NC(=O)c1sc3nc(C)ccc3c1N)C2. The zero-order chi connectivity index (χ0) is 17.6. The lowest BCUT2D eigenvalue weighted by molar-refractivity contribution is 0.0920. The standard InChI is InChI=1S/C19H19N3O2S/c1-10-3-5-12-8-13(9-24-15(12)7-10)22-18(23)17-16(20)14-6-4-11(2)21-19(14)25-17/h3-7,13H,8-9,20H2,1-2H3,(H,22,23)/t13-/m1/s1. The van der Waals surface area contributed by atoms with Crippen molar-refractivity contribution in [1.82, 2.24) is 10.3 Å². The number of amides is 1. The maximum Gasteiger partial charge on any atom is 0.263 e. The van der Waals surface area contributed by atoms with Crippen molar-refractivity contribution in [3.8, 4) is 5.75 Å². The zero-order valence-electron chi connectivity index (χ0n) is 14.1. The molecule has 5 nitrogen and oxygen atoms in total. The average molecular weight is 353 g/mol. The van der Waals surface area contributed by atoms with Crippen LogP contribution in [0.4, 0.5) is 5.69 Å². The molecule has 3 heterocycles. The highest BCUT2D eigenvalue weighted by molar-refractivity contribution is 7.21. The largest absolute Gasteiger partial charge is 0.491 e. The minimum atomic E-state index is -0.165. The molecule has 1 aliphatic rings. The number of fused-ring (bicyclic) bond motifs is 2. The van der Waals surface area contributed by atoms with Crippen LogP contribution in [0.3, 0.4) is 0 Å². The van der Waals surface area contributed by atoms with Crippen LogP contribution in [-0.4, -0.2) is 23.5 Å². The summed E-state index contributed by atoms with van der Waals surface area (Å²) < 4.78 is 5.80. The van der Waals surface area contributed by atoms with Crippen molar-refractivity contribution in [2.45, 2.75) is 26.3 Å². The Morgan fingerprint density at radius 3 is 3.00 bits per heavy atom. The fourth-order valence-electron chi connectivity index (χ4n) is 3.08. The van der Waals surface area contributed by atoms with E-state index in [1.54, 1.807) is 0 Å². The quantitative estimate of drug-likeness (QED) is 0.741. The summed E-state index contributed by atoms with van der Waals surface area (Å²) in [6.45, 7) is 4.43. The third-order valence-corrected chi connectivity index (χ3v) is 5.52. The molecule has 3 aromatic rings. The normalized spacial score (nSPS) is 16.3. The van der Waals surface area contributed by atoms with Gasteiger partial charge in [-0.25, -0.2) is 4.98 Å². The van der Waals surface area contributed by atoms with Crippen LogP contribution in [0.5, 0.6) is 5.75 Å². The van der Waals surface area contributed by atoms with E-state index in [4.69, 9.17) is 10.5 Å². The number of aromatic nitrogens is 1. The van der Waals surface area contributed by atoms with Crippen molar-refractivity contribution in [1.29, 1.82) is 0 Å². The molecule has 2 aromatic heterocycles. The van der Waals surface area contributed by atoms with Crippen LogP contribution < -0.4 is 15.8 Å². The maximum atomic E-state index is 12.7. The van der Waals surface area contributed by atoms with Gasteiger partial charge in [-0.15, -0.1) is 11.3 Å². The first-order valence-electron chi connectivity index (χ1n) is 8.20. The highest BCUT2D eigenvalue weighted by atomic mass is 32.1. The summed E-state index contributed by atoms with van der Waals surface area (Å²) in [5.41, 5.74) is 9.86. The van der Waals surface area contributed by atoms with Crippen molar-refractivity contribution >= 4 is 33.1 Å². The average Bonchev–Trinajstić information content (AvgIpc) is 2.91. The summed E-state index contributed by atoms with van der Waals surface area (Å²) in [6, 6.07) is 9.91. The highest BCUT2D eigenvalue weighted by Gasteiger charge is 2.24. The van der Waals surface area contributed by atoms with Crippen LogP contribution >= 0.6 is 11.3 Å². The Labute approximate surface area is 149 Å². The van der Waals surface area contributed by atoms with Gasteiger partial charge in [0.15, 0.2) is 0 Å². The van der Waals surface area contributed by atoms with E-state index in [1.807, 2.05) is 32.0 Å². The Hall–Kier alpha value is -2.60. The maximum absolute atomic E-state index is 12.7. The molecular formula is C19H19N3O2S. The molecule has 1 atom stereocenters. The summed E-state index contributed by atoms with van der Waals surface area (Å²) in [4.78, 5) is 18.5. The Kier molecular flexibility index (Phi) is 3.84. The molecule has 3 N–H and O–H groups in total. The lowest BCUT2D eigenvalue weighted by Gasteiger charge is -2.26. The highest BCUT2D eigenvalue weighted by Crippen LogP contribution is 2.33. The Bertz CT molecular complexity index is 980. The van der Waals surface area contributed by atoms with Gasteiger partial charge in [-0.05, 0) is 49.6 Å². The second-order valence-electron chi connectivity index (χ2n) is 6.45. The van der Waals surface area contributed by atoms with E-state index in [0.29, 0.717) is 17.2 Å². The monoisotopic (exact) mass is 353 g/mol. The van der Waals surface area contributed by atoms with Gasteiger partial charge in [0, 0.05) is 11.1 Å². The van der Waals surface area contributed by atoms with Crippen molar-refractivity contribution in [3.05, 3.63) is 52.0 Å². The predicted molar refractivity (Wildman–Crippen MR) is 100 cm³/mol. The number of nitrogens with zero attached hydrogens (tertiary/aromatic N) is 1. The van der Waals surface area contributed by atoms with Crippen LogP contribution in [0.15, 0.2) is 30.3 Å². The topological polar surface area (TPSA) is 77.2 Å². The van der Waals surface area contributed by atoms with E-state index < -0.39 is 0 Å². The third-order valence-electron chi connectivity index (χ3n) is 4.40. The van der Waals surface area contributed by atoms with Crippen molar-refractivity contribution < 1.29 is 9.53 Å². The minimum Gasteiger partial charge on any atom is -0.491 e. The number of rotatable bonds is 2. The number of nitrogens with two attached hydrogens (primary N) is 1. The number of carbonyl (C=O) groups is 1. The zero-order valence-corrected chi connectivity index (χ0v) is 14.9. The Morgan fingerprint density at radius 1 is 1.32 bits per heavy atom. The number of carbonyl (C=O) groups excluding carboxylic acids is 1. The summed E-state index contributed by atoms with van der Waals surface area (Å²) in [7, 11) is 0. The van der Waals surface area contributed by atoms with Crippen LogP contribution in [0, 0.1) is 13.8 Å². The Balaban J connectivity index is 1.55. The van der Waals surface area contributed by atoms with Gasteiger partial charge in [-0.2, -0.15) is 0 Å². The van der Waals surface area contributed by atoms with Gasteiger partial charge in [0.1, 0.15) is 22.1 Å². The molecule has 0 bridgehead atoms. The number of hydrogen-bond donors (Lipinski definition) is 2. The molecule has 6 heteroatoms. The van der Waals surface area contributed by atoms with Gasteiger partial charge in [0.2, 0.25) is 0 Å². The first kappa shape index (κ1) is 15.9. The number of hydrogen-bond acceptors (Lipinski definition) is 5. The van der Waals surface area contributed by atoms with E-state index in [2.05, 4.69) is 22.4 Å². The molecule has 0 saturated heterocycles. The van der Waals surface area contributed by atoms with Gasteiger partial charge in [-0.3, -0.25) is 4.79 Å². The van der Waals surface area contributed by atoms with E-state index in [-0.39, 0.29) is 11.9 Å². The van der Waals surface area contributed by atoms with Gasteiger partial charge in [0.05, 0.1) is 11.7 Å². The molecule has 1 aliphatic heterocycles. The summed E-state index contributed by atoms with van der Waals surface area (Å²) in [5, 5.41) is 3.88. The van der Waals surface area contributed by atoms with Crippen LogP contribution in [0.1, 0.15) is 26.5 Å². The van der Waals surface area contributed by atoms with E-state index in [1.165, 1.54) is 16.9 Å². The second-order valence-corrected chi connectivity index (χ2v) is 7.45. The molecule has 0 fully saturated rings. The number of ether oxygens (including phenoxy) is 1. The molecule has 4 rings (SSSR count). The second kappa shape index (κ2) is 6.04. The summed E-state index contributed by atoms with van der Waals surface area (Å²) >= 11 is 1.33. The molecule has 1 amide bonds. The van der Waals surface area contributed by atoms with Crippen molar-refractivity contribution in [2.75, 3.05) is 12.3 Å². The molecule has 0 radical (unpaired) electrons. The number of nitrogens with one attached hydrogen (secondary N) is 1. The number of benzene rings is 1. The van der Waals surface area contributed by atoms with E-state index in [0.717, 1.165) is 33.6 Å². The number of aryl methyl sites for hydroxylation is 2. The lowest BCUT2D eigenvalue weighted by atomic mass is 10.0. The van der Waals surface area contributed by atoms with Gasteiger partial charge in [-0.1, -0.05) is 12.1 Å². The van der Waals surface area contributed by atoms with Crippen molar-refractivity contribution in [2.24, 2.45) is 0 Å². The van der Waals surface area contributed by atoms with Crippen LogP contribution in [-0.2, 0) is 6.42 Å². The molecule has 128 valence electrons. The molecule has 25 heavy (non-hydrogen) atoms. The fourth-order valence-corrected chi connectivity index (χ4v) is 4.12. The molecular weight excluding hydrogens is 334 g/mol. The van der Waals surface area contributed by atoms with Crippen molar-refractivity contribution in [3.63, 3.8) is 0 Å². The van der Waals surface area contributed by atoms with E-state index >= 15 is 0 Å². The number of nitrogen functional groups attached to an aromatic ring is 1. The summed E-state index contributed by atoms with van der Waals surface area (Å²) in [5.74, 6) is 0.744. The predicted octanol–water partition coefficient (Wildman–Crippen LogP) is 3.23. The van der Waals surface area contributed by atoms with E-state index in [9.17, 15) is 4.79 Å². The molecule has 0 aliphatic carbocycles. The van der Waals surface area contributed by atoms with Gasteiger partial charge >= 0.3 is 0 Å². The fraction of sp³-hybridized carbons (Fsp3) is 0.263. The first-order valence-corrected chi connectivity index (χ1v) is 9.01. The number of pyridine rings is 1. The Morgan fingerprint density at radius 2 is 2.16 bits per heavy atom. The third kappa shape index (κ3) is 2.93. The number of anilines is 1. The number of thiophene rings is 1. The summed E-state index contributed by atoms with van der Waals surface area (Å²) in [6.07, 6.45) is 0.753. The minimum absolute atomic E-state index is 0.0676. The van der Waals surface area contributed by atoms with Crippen LogP contribution in [0.25, 0.3) is 10.2 Å². The smallest absolute Gasteiger partial charge is 0.263 e. The molecule has 0 unspecified atom stereocenters. The van der Waals surface area contributed by atoms with Gasteiger partial charge < -0.3 is 15.8 Å². The van der Waals surface area contributed by atoms with Crippen LogP contribution in [0.2, 0.25) is 0 Å². The first-order chi connectivity index (χ1) is 12.0. The molecule has 0 spiro atoms. The molecule has 0 saturated carbocycles. The molecule has 1 aromatic carbocycles.